The second-order valence-corrected chi connectivity index (χ2v) is 6.34. The highest BCUT2D eigenvalue weighted by atomic mass is 32.1. The van der Waals surface area contributed by atoms with Gasteiger partial charge in [0, 0.05) is 13.6 Å². The molecule has 0 aliphatic rings. The Labute approximate surface area is 145 Å². The van der Waals surface area contributed by atoms with Gasteiger partial charge in [-0.2, -0.15) is 18.3 Å². The van der Waals surface area contributed by atoms with Crippen molar-refractivity contribution < 1.29 is 18.0 Å². The zero-order valence-electron chi connectivity index (χ0n) is 13.2. The number of benzene rings is 1. The highest BCUT2D eigenvalue weighted by Gasteiger charge is 2.30. The van der Waals surface area contributed by atoms with Crippen molar-refractivity contribution in [2.45, 2.75) is 12.7 Å². The van der Waals surface area contributed by atoms with Crippen LogP contribution in [-0.2, 0) is 19.8 Å². The molecule has 4 nitrogen and oxygen atoms in total. The van der Waals surface area contributed by atoms with E-state index in [0.29, 0.717) is 17.0 Å². The van der Waals surface area contributed by atoms with E-state index >= 15 is 0 Å². The van der Waals surface area contributed by atoms with Crippen molar-refractivity contribution in [1.29, 1.82) is 0 Å². The van der Waals surface area contributed by atoms with Gasteiger partial charge in [-0.15, -0.1) is 11.3 Å². The number of aryl methyl sites for hydroxylation is 1. The Hall–Kier alpha value is -2.61. The van der Waals surface area contributed by atoms with Crippen LogP contribution in [0.4, 0.5) is 13.2 Å². The van der Waals surface area contributed by atoms with Crippen LogP contribution in [-0.4, -0.2) is 15.7 Å². The maximum atomic E-state index is 12.7. The van der Waals surface area contributed by atoms with Gasteiger partial charge in [-0.1, -0.05) is 18.2 Å². The number of amides is 1. The third-order valence-corrected chi connectivity index (χ3v) is 4.49. The number of carbonyl (C=O) groups is 1. The lowest BCUT2D eigenvalue weighted by Crippen LogP contribution is -2.25. The van der Waals surface area contributed by atoms with Gasteiger partial charge < -0.3 is 5.32 Å². The molecular weight excluding hydrogens is 351 g/mol. The fraction of sp³-hybridized carbons (Fsp3) is 0.176. The molecular formula is C17H14F3N3OS. The average molecular weight is 365 g/mol. The van der Waals surface area contributed by atoms with Crippen LogP contribution < -0.4 is 5.32 Å². The predicted molar refractivity (Wildman–Crippen MR) is 89.1 cm³/mol. The van der Waals surface area contributed by atoms with E-state index in [1.54, 1.807) is 13.1 Å². The van der Waals surface area contributed by atoms with E-state index in [1.807, 2.05) is 17.5 Å². The van der Waals surface area contributed by atoms with Gasteiger partial charge in [0.15, 0.2) is 0 Å². The largest absolute Gasteiger partial charge is 0.416 e. The van der Waals surface area contributed by atoms with Crippen LogP contribution in [0.15, 0.2) is 47.8 Å². The van der Waals surface area contributed by atoms with Crippen molar-refractivity contribution in [1.82, 2.24) is 15.1 Å². The van der Waals surface area contributed by atoms with Crippen LogP contribution >= 0.6 is 11.3 Å². The van der Waals surface area contributed by atoms with Crippen molar-refractivity contribution in [3.63, 3.8) is 0 Å². The van der Waals surface area contributed by atoms with Crippen molar-refractivity contribution in [3.05, 3.63) is 64.7 Å². The zero-order chi connectivity index (χ0) is 18.0. The van der Waals surface area contributed by atoms with E-state index in [0.717, 1.165) is 17.0 Å². The molecule has 25 heavy (non-hydrogen) atoms. The number of hydrogen-bond acceptors (Lipinski definition) is 3. The lowest BCUT2D eigenvalue weighted by atomic mass is 10.1. The van der Waals surface area contributed by atoms with E-state index in [9.17, 15) is 18.0 Å². The van der Waals surface area contributed by atoms with Crippen molar-refractivity contribution in [2.75, 3.05) is 0 Å². The summed E-state index contributed by atoms with van der Waals surface area (Å²) in [4.78, 5) is 13.3. The second-order valence-electron chi connectivity index (χ2n) is 5.40. The third kappa shape index (κ3) is 3.90. The molecule has 1 aromatic carbocycles. The number of carbonyl (C=O) groups excluding carboxylic acids is 1. The number of aromatic nitrogens is 2. The van der Waals surface area contributed by atoms with Crippen LogP contribution in [0.25, 0.3) is 10.6 Å². The van der Waals surface area contributed by atoms with Crippen LogP contribution in [0.2, 0.25) is 0 Å². The first-order valence-corrected chi connectivity index (χ1v) is 8.25. The Morgan fingerprint density at radius 3 is 2.72 bits per heavy atom. The molecule has 3 aromatic rings. The molecule has 0 aliphatic heterocycles. The van der Waals surface area contributed by atoms with Crippen LogP contribution in [0.1, 0.15) is 21.6 Å². The standard InChI is InChI=1S/C17H14F3N3OS/c1-23-14(9-13(22-23)15-6-3-7-25-15)16(24)21-10-11-4-2-5-12(8-11)17(18,19)20/h2-9H,10H2,1H3,(H,21,24). The minimum atomic E-state index is -4.41. The fourth-order valence-corrected chi connectivity index (χ4v) is 3.04. The smallest absolute Gasteiger partial charge is 0.347 e. The lowest BCUT2D eigenvalue weighted by Gasteiger charge is -2.09. The molecule has 130 valence electrons. The van der Waals surface area contributed by atoms with Gasteiger partial charge in [-0.05, 0) is 35.2 Å². The Kier molecular flexibility index (Phi) is 4.63. The number of alkyl halides is 3. The minimum Gasteiger partial charge on any atom is -0.347 e. The summed E-state index contributed by atoms with van der Waals surface area (Å²) >= 11 is 1.51. The summed E-state index contributed by atoms with van der Waals surface area (Å²) in [5, 5.41) is 8.84. The summed E-state index contributed by atoms with van der Waals surface area (Å²) in [6, 6.07) is 10.3. The summed E-state index contributed by atoms with van der Waals surface area (Å²) in [6.45, 7) is 0.00225. The molecule has 0 spiro atoms. The first-order chi connectivity index (χ1) is 11.8. The van der Waals surface area contributed by atoms with Crippen LogP contribution in [0.5, 0.6) is 0 Å². The SMILES string of the molecule is Cn1nc(-c2cccs2)cc1C(=O)NCc1cccc(C(F)(F)F)c1. The molecule has 0 radical (unpaired) electrons. The molecule has 0 fully saturated rings. The summed E-state index contributed by atoms with van der Waals surface area (Å²) in [6.07, 6.45) is -4.41. The molecule has 2 heterocycles. The fourth-order valence-electron chi connectivity index (χ4n) is 2.35. The van der Waals surface area contributed by atoms with E-state index in [2.05, 4.69) is 10.4 Å². The number of thiophene rings is 1. The van der Waals surface area contributed by atoms with E-state index in [4.69, 9.17) is 0 Å². The number of nitrogens with zero attached hydrogens (tertiary/aromatic N) is 2. The van der Waals surface area contributed by atoms with Gasteiger partial charge in [-0.3, -0.25) is 9.48 Å². The van der Waals surface area contributed by atoms with Gasteiger partial charge >= 0.3 is 6.18 Å². The Bertz CT molecular complexity index is 885. The maximum absolute atomic E-state index is 12.7. The van der Waals surface area contributed by atoms with Crippen molar-refractivity contribution in [2.24, 2.45) is 7.05 Å². The zero-order valence-corrected chi connectivity index (χ0v) is 14.0. The molecule has 1 N–H and O–H groups in total. The summed E-state index contributed by atoms with van der Waals surface area (Å²) in [5.41, 5.74) is 0.667. The number of halogens is 3. The van der Waals surface area contributed by atoms with Gasteiger partial charge in [0.2, 0.25) is 0 Å². The predicted octanol–water partition coefficient (Wildman–Crippen LogP) is 4.10. The average Bonchev–Trinajstić information content (AvgIpc) is 3.21. The van der Waals surface area contributed by atoms with Crippen molar-refractivity contribution in [3.8, 4) is 10.6 Å². The molecule has 0 saturated heterocycles. The number of rotatable bonds is 4. The van der Waals surface area contributed by atoms with Gasteiger partial charge in [-0.25, -0.2) is 0 Å². The second kappa shape index (κ2) is 6.72. The van der Waals surface area contributed by atoms with Gasteiger partial charge in [0.25, 0.3) is 5.91 Å². The quantitative estimate of drug-likeness (QED) is 0.757. The van der Waals surface area contributed by atoms with Crippen LogP contribution in [0.3, 0.4) is 0 Å². The Morgan fingerprint density at radius 1 is 1.24 bits per heavy atom. The van der Waals surface area contributed by atoms with Gasteiger partial charge in [0.1, 0.15) is 11.4 Å². The molecule has 0 atom stereocenters. The highest BCUT2D eigenvalue weighted by molar-refractivity contribution is 7.13. The minimum absolute atomic E-state index is 0.00225. The van der Waals surface area contributed by atoms with Crippen LogP contribution in [0, 0.1) is 0 Å². The molecule has 1 amide bonds. The molecule has 0 saturated carbocycles. The summed E-state index contributed by atoms with van der Waals surface area (Å²) in [7, 11) is 1.65. The van der Waals surface area contributed by atoms with Gasteiger partial charge in [0.05, 0.1) is 10.4 Å². The highest BCUT2D eigenvalue weighted by Crippen LogP contribution is 2.29. The molecule has 0 aliphatic carbocycles. The Morgan fingerprint density at radius 2 is 2.04 bits per heavy atom. The van der Waals surface area contributed by atoms with E-state index < -0.39 is 17.6 Å². The normalized spacial score (nSPS) is 11.5. The monoisotopic (exact) mass is 365 g/mol. The number of nitrogens with one attached hydrogen (secondary N) is 1. The number of hydrogen-bond donors (Lipinski definition) is 1. The Balaban J connectivity index is 1.71. The summed E-state index contributed by atoms with van der Waals surface area (Å²) in [5.74, 6) is -0.393. The first-order valence-electron chi connectivity index (χ1n) is 7.37. The lowest BCUT2D eigenvalue weighted by molar-refractivity contribution is -0.137. The first kappa shape index (κ1) is 17.2. The third-order valence-electron chi connectivity index (χ3n) is 3.59. The molecule has 2 aromatic heterocycles. The molecule has 0 unspecified atom stereocenters. The molecule has 3 rings (SSSR count). The topological polar surface area (TPSA) is 46.9 Å². The van der Waals surface area contributed by atoms with E-state index in [1.165, 1.54) is 28.2 Å². The summed E-state index contributed by atoms with van der Waals surface area (Å²) < 4.78 is 39.6. The molecule has 8 heteroatoms. The molecule has 0 bridgehead atoms. The maximum Gasteiger partial charge on any atom is 0.416 e. The van der Waals surface area contributed by atoms with E-state index in [-0.39, 0.29) is 6.54 Å². The van der Waals surface area contributed by atoms with Crippen molar-refractivity contribution >= 4 is 17.2 Å².